The zero-order valence-electron chi connectivity index (χ0n) is 61.2. The Kier molecular flexibility index (Phi) is 28.4. The Balaban J connectivity index is 0.000000254. The molecule has 11 rings (SSSR count). The average molecular weight is 1630 g/mol. The van der Waals surface area contributed by atoms with E-state index in [9.17, 15) is 45.3 Å². The molecule has 0 saturated carbocycles. The van der Waals surface area contributed by atoms with Crippen LogP contribution < -0.4 is 26.2 Å². The second kappa shape index (κ2) is 37.0. The van der Waals surface area contributed by atoms with Crippen molar-refractivity contribution in [1.29, 1.82) is 0 Å². The number of aryl methyl sites for hydroxylation is 1. The molecule has 28 heteroatoms. The molecule has 11 aromatic carbocycles. The summed E-state index contributed by atoms with van der Waals surface area (Å²) in [5, 5.41) is 0. The first-order valence-electron chi connectivity index (χ1n) is 32.9. The van der Waals surface area contributed by atoms with E-state index in [1.54, 1.807) is 80.9 Å². The smallest absolute Gasteiger partial charge is 0.393 e. The molecule has 0 N–H and O–H groups in total. The molecule has 18 nitrogen and oxygen atoms in total. The summed E-state index contributed by atoms with van der Waals surface area (Å²) in [4.78, 5) is -0.359. The Morgan fingerprint density at radius 2 is 0.649 bits per heavy atom. The van der Waals surface area contributed by atoms with Gasteiger partial charge < -0.3 is 26.2 Å². The normalized spacial score (nSPS) is 13.3. The van der Waals surface area contributed by atoms with Crippen molar-refractivity contribution in [3.05, 3.63) is 311 Å². The highest BCUT2D eigenvalue weighted by Crippen LogP contribution is 2.37. The van der Waals surface area contributed by atoms with Gasteiger partial charge in [-0.1, -0.05) is 122 Å². The quantitative estimate of drug-likeness (QED) is 0.0377. The highest BCUT2D eigenvalue weighted by Gasteiger charge is 2.27. The van der Waals surface area contributed by atoms with Crippen molar-refractivity contribution >= 4 is 96.3 Å². The predicted molar refractivity (Wildman–Crippen MR) is 435 cm³/mol. The van der Waals surface area contributed by atoms with Gasteiger partial charge in [-0.25, -0.2) is 25.3 Å². The molecule has 4 atom stereocenters. The lowest BCUT2D eigenvalue weighted by Crippen LogP contribution is -2.19. The van der Waals surface area contributed by atoms with E-state index in [1.807, 2.05) is 119 Å². The number of hydrogen-bond donors (Lipinski definition) is 1. The van der Waals surface area contributed by atoms with Crippen molar-refractivity contribution in [2.24, 2.45) is 17.5 Å². The number of ether oxygens (including phenoxy) is 2. The zero-order valence-corrected chi connectivity index (χ0v) is 67.0. The Morgan fingerprint density at radius 3 is 0.982 bits per heavy atom. The molecule has 574 valence electrons. The van der Waals surface area contributed by atoms with Gasteiger partial charge in [-0.2, -0.15) is 21.0 Å². The molecule has 0 aliphatic heterocycles. The fraction of sp³-hybridized carbons (Fsp3) is 0.133. The standard InChI is InChI=1S/C45H38N2O8S3.C29H28F2N2O6S3.C9H8.FHS/c1-7-33-11-9-13-41(31-33)53-56(6,48)46-37-19-27-43(28-20-37)57(49,50)44-29-21-38(22-30-44)47-58(51,55-42-14-10-12-34(8-2)32-42)54-40-25-17-36(18-26-40)45(3,4)35-15-23-39(52-5)24-16-35;1-29(2,21-5-13-25(38-3)14-6-21)22-7-15-26(16-8-22)39-42(31,37)33-24-11-19-28(20-12-24)41(35,36)27-17-9-23(10-18-27)32-40(4,30)34;1-3-9-6-4-5-8(2)7-9;1-2/h1-2,9-32H,3-6H3;5-20H,1-4H3;1,4-7H,2H3;2H. The fourth-order valence-corrected chi connectivity index (χ4v) is 16.5. The van der Waals surface area contributed by atoms with Gasteiger partial charge in [-0.3, -0.25) is 0 Å². The van der Waals surface area contributed by atoms with Crippen LogP contribution in [0.2, 0.25) is 0 Å². The molecule has 4 unspecified atom stereocenters. The maximum absolute atomic E-state index is 14.8. The Hall–Kier alpha value is -11.3. The predicted octanol–water partition coefficient (Wildman–Crippen LogP) is 19.9. The number of terminal acetylenes is 3. The van der Waals surface area contributed by atoms with Crippen LogP contribution in [-0.2, 0) is 71.3 Å². The van der Waals surface area contributed by atoms with Gasteiger partial charge in [0.15, 0.2) is 0 Å². The van der Waals surface area contributed by atoms with Gasteiger partial charge >= 0.3 is 20.7 Å². The van der Waals surface area contributed by atoms with E-state index in [0.29, 0.717) is 11.1 Å². The first kappa shape index (κ1) is 85.3. The van der Waals surface area contributed by atoms with Crippen molar-refractivity contribution < 1.29 is 71.5 Å². The summed E-state index contributed by atoms with van der Waals surface area (Å²) in [6, 6.07) is 70.5. The minimum absolute atomic E-state index is 0.00145. The van der Waals surface area contributed by atoms with Crippen LogP contribution in [0.4, 0.5) is 34.4 Å². The highest BCUT2D eigenvalue weighted by atomic mass is 32.3. The topological polar surface area (TPSA) is 241 Å². The highest BCUT2D eigenvalue weighted by molar-refractivity contribution is 7.92. The van der Waals surface area contributed by atoms with Gasteiger partial charge in [-0.15, -0.1) is 31.9 Å². The first-order valence-corrected chi connectivity index (χ1v) is 42.6. The molecule has 0 amide bonds. The summed E-state index contributed by atoms with van der Waals surface area (Å²) >= 11 is 2.03. The third-order valence-corrected chi connectivity index (χ3v) is 23.6. The molecule has 0 aliphatic carbocycles. The number of hydrogen-bond acceptors (Lipinski definition) is 19. The van der Waals surface area contributed by atoms with Crippen molar-refractivity contribution in [2.45, 2.75) is 65.0 Å². The van der Waals surface area contributed by atoms with Crippen LogP contribution in [0.1, 0.15) is 72.2 Å². The molecule has 111 heavy (non-hydrogen) atoms. The van der Waals surface area contributed by atoms with Gasteiger partial charge in [0.05, 0.1) is 62.8 Å². The van der Waals surface area contributed by atoms with Gasteiger partial charge in [0.1, 0.15) is 34.5 Å². The summed E-state index contributed by atoms with van der Waals surface area (Å²) in [5.74, 6) is 9.72. The molecule has 0 aromatic heterocycles. The maximum atomic E-state index is 14.8. The van der Waals surface area contributed by atoms with Crippen LogP contribution in [-0.4, -0.2) is 60.4 Å². The van der Waals surface area contributed by atoms with E-state index in [1.165, 1.54) is 127 Å². The molecular formula is C83H75F3N4O14S7. The molecule has 0 heterocycles. The van der Waals surface area contributed by atoms with Crippen molar-refractivity contribution in [3.8, 4) is 71.5 Å². The average Bonchev–Trinajstić information content (AvgIpc) is 0.803. The van der Waals surface area contributed by atoms with Crippen LogP contribution in [0.5, 0.6) is 34.5 Å². The minimum Gasteiger partial charge on any atom is -0.497 e. The van der Waals surface area contributed by atoms with E-state index in [2.05, 4.69) is 49.1 Å². The Morgan fingerprint density at radius 1 is 0.351 bits per heavy atom. The second-order valence-corrected chi connectivity index (χ2v) is 34.9. The minimum atomic E-state index is -4.67. The molecule has 0 radical (unpaired) electrons. The van der Waals surface area contributed by atoms with Crippen molar-refractivity contribution in [1.82, 2.24) is 0 Å². The van der Waals surface area contributed by atoms with E-state index < -0.39 is 60.5 Å². The van der Waals surface area contributed by atoms with E-state index in [0.717, 1.165) is 45.6 Å². The number of sulfone groups is 2. The third kappa shape index (κ3) is 23.9. The number of thiol groups is 1. The van der Waals surface area contributed by atoms with E-state index >= 15 is 0 Å². The molecule has 11 aromatic rings. The summed E-state index contributed by atoms with van der Waals surface area (Å²) in [7, 11) is -20.6. The lowest BCUT2D eigenvalue weighted by Gasteiger charge is -2.26. The van der Waals surface area contributed by atoms with Crippen LogP contribution in [0.25, 0.3) is 0 Å². The number of rotatable bonds is 22. The SMILES string of the molecule is C#Cc1cccc(C)c1.C#Cc1cccc(OS(C)(=O)=Nc2ccc(S(=O)(=O)c3ccc(N=S(=O)(Oc4ccc(C(C)(C)c5ccc(OC)cc5)cc4)Oc4cccc(C#C)c4)cc3)cc2)c1.COc1ccc(C(C)(C)c2ccc(OS(=O)(F)=Nc3ccc(S(=O)(=O)c4ccc(N=S(C)(=O)F)cc4)cc3)cc2)cc1.FS. The monoisotopic (exact) mass is 1630 g/mol. The van der Waals surface area contributed by atoms with Gasteiger partial charge in [-0.05, 0) is 229 Å². The summed E-state index contributed by atoms with van der Waals surface area (Å²) in [5.41, 5.74) is 6.70. The van der Waals surface area contributed by atoms with Crippen molar-refractivity contribution in [2.75, 3.05) is 26.7 Å². The molecule has 0 fully saturated rings. The summed E-state index contributed by atoms with van der Waals surface area (Å²) in [6.07, 6.45) is 18.3. The van der Waals surface area contributed by atoms with Crippen LogP contribution in [0, 0.1) is 44.0 Å². The lowest BCUT2D eigenvalue weighted by atomic mass is 9.78. The van der Waals surface area contributed by atoms with E-state index in [4.69, 9.17) is 45.5 Å². The van der Waals surface area contributed by atoms with E-state index in [-0.39, 0.29) is 76.2 Å². The van der Waals surface area contributed by atoms with Gasteiger partial charge in [0.25, 0.3) is 0 Å². The van der Waals surface area contributed by atoms with Gasteiger partial charge in [0, 0.05) is 46.8 Å². The zero-order chi connectivity index (χ0) is 81.0. The fourth-order valence-electron chi connectivity index (χ4n) is 10.5. The third-order valence-electron chi connectivity index (χ3n) is 16.4. The number of nitrogens with zero attached hydrogens (tertiary/aromatic N) is 4. The summed E-state index contributed by atoms with van der Waals surface area (Å²) < 4.78 is 190. The molecule has 0 saturated heterocycles. The van der Waals surface area contributed by atoms with Crippen molar-refractivity contribution in [3.63, 3.8) is 0 Å². The second-order valence-electron chi connectivity index (χ2n) is 25.1. The molecule has 0 aliphatic rings. The number of methoxy groups -OCH3 is 2. The maximum Gasteiger partial charge on any atom is 0.393 e. The molecule has 0 bridgehead atoms. The van der Waals surface area contributed by atoms with Crippen LogP contribution >= 0.6 is 13.0 Å². The van der Waals surface area contributed by atoms with Crippen LogP contribution in [0.3, 0.4) is 0 Å². The first-order chi connectivity index (χ1) is 52.5. The Bertz CT molecular complexity index is 6030. The summed E-state index contributed by atoms with van der Waals surface area (Å²) in [6.45, 7) is 10.3. The largest absolute Gasteiger partial charge is 0.497 e. The Labute approximate surface area is 655 Å². The lowest BCUT2D eigenvalue weighted by molar-refractivity contribution is 0.414. The van der Waals surface area contributed by atoms with Crippen LogP contribution in [0.15, 0.2) is 304 Å². The molecular weight excluding hydrogens is 1560 g/mol. The molecule has 0 spiro atoms. The van der Waals surface area contributed by atoms with Gasteiger partial charge in [0.2, 0.25) is 39.8 Å². The number of benzene rings is 11. The number of halogens is 3.